The maximum Gasteiger partial charge on any atom is 0.325 e. The minimum atomic E-state index is -0.529. The van der Waals surface area contributed by atoms with Gasteiger partial charge in [0.15, 0.2) is 0 Å². The number of carbonyl (C=O) groups is 1. The quantitative estimate of drug-likeness (QED) is 0.664. The Morgan fingerprint density at radius 1 is 1.54 bits per heavy atom. The van der Waals surface area contributed by atoms with Gasteiger partial charge in [-0.25, -0.2) is 0 Å². The number of hydrogen-bond acceptors (Lipinski definition) is 3. The van der Waals surface area contributed by atoms with Gasteiger partial charge >= 0.3 is 5.97 Å². The fourth-order valence-corrected chi connectivity index (χ4v) is 0.996. The summed E-state index contributed by atoms with van der Waals surface area (Å²) in [7, 11) is 1.42. The van der Waals surface area contributed by atoms with Gasteiger partial charge in [-0.15, -0.1) is 0 Å². The largest absolute Gasteiger partial charge is 0.468 e. The molecule has 0 spiro atoms. The van der Waals surface area contributed by atoms with Crippen molar-refractivity contribution in [3.8, 4) is 0 Å². The number of nitrogens with one attached hydrogen (secondary N) is 1. The van der Waals surface area contributed by atoms with Crippen LogP contribution >= 0.6 is 0 Å². The van der Waals surface area contributed by atoms with Gasteiger partial charge in [-0.2, -0.15) is 0 Å². The highest BCUT2D eigenvalue weighted by molar-refractivity contribution is 5.80. The molecule has 0 aliphatic carbocycles. The Hall–Kier alpha value is -0.570. The normalized spacial score (nSPS) is 15.5. The molecule has 3 heteroatoms. The van der Waals surface area contributed by atoms with Crippen molar-refractivity contribution in [2.45, 2.75) is 39.7 Å². The van der Waals surface area contributed by atoms with Crippen LogP contribution in [0.4, 0.5) is 0 Å². The highest BCUT2D eigenvalue weighted by Gasteiger charge is 2.31. The maximum absolute atomic E-state index is 11.4. The summed E-state index contributed by atoms with van der Waals surface area (Å²) in [5.74, 6) is 0.353. The van der Waals surface area contributed by atoms with Crippen molar-refractivity contribution in [3.05, 3.63) is 0 Å². The summed E-state index contributed by atoms with van der Waals surface area (Å²) in [5.41, 5.74) is -0.529. The Morgan fingerprint density at radius 2 is 2.08 bits per heavy atom. The predicted molar refractivity (Wildman–Crippen MR) is 53.6 cm³/mol. The van der Waals surface area contributed by atoms with Gasteiger partial charge in [-0.3, -0.25) is 4.79 Å². The monoisotopic (exact) mass is 187 g/mol. The molecule has 0 saturated carbocycles. The first-order valence-electron chi connectivity index (χ1n) is 4.79. The molecule has 1 N–H and O–H groups in total. The lowest BCUT2D eigenvalue weighted by Gasteiger charge is -2.27. The van der Waals surface area contributed by atoms with Gasteiger partial charge < -0.3 is 10.1 Å². The molecule has 0 radical (unpaired) electrons. The highest BCUT2D eigenvalue weighted by Crippen LogP contribution is 2.11. The van der Waals surface area contributed by atoms with E-state index in [0.29, 0.717) is 5.92 Å². The van der Waals surface area contributed by atoms with Crippen LogP contribution in [-0.2, 0) is 9.53 Å². The van der Waals surface area contributed by atoms with Crippen molar-refractivity contribution in [2.24, 2.45) is 5.92 Å². The van der Waals surface area contributed by atoms with Crippen molar-refractivity contribution in [2.75, 3.05) is 13.7 Å². The van der Waals surface area contributed by atoms with Crippen molar-refractivity contribution in [1.82, 2.24) is 5.32 Å². The zero-order chi connectivity index (χ0) is 10.5. The van der Waals surface area contributed by atoms with E-state index in [1.165, 1.54) is 7.11 Å². The van der Waals surface area contributed by atoms with Crippen LogP contribution in [0.25, 0.3) is 0 Å². The van der Waals surface area contributed by atoms with Gasteiger partial charge in [-0.1, -0.05) is 20.8 Å². The van der Waals surface area contributed by atoms with Crippen LogP contribution in [0.1, 0.15) is 34.1 Å². The summed E-state index contributed by atoms with van der Waals surface area (Å²) in [4.78, 5) is 11.4. The zero-order valence-electron chi connectivity index (χ0n) is 9.31. The van der Waals surface area contributed by atoms with Gasteiger partial charge in [0.1, 0.15) is 5.54 Å². The minimum Gasteiger partial charge on any atom is -0.468 e. The van der Waals surface area contributed by atoms with Gasteiger partial charge in [-0.05, 0) is 25.8 Å². The van der Waals surface area contributed by atoms with Crippen molar-refractivity contribution < 1.29 is 9.53 Å². The fourth-order valence-electron chi connectivity index (χ4n) is 0.996. The lowest BCUT2D eigenvalue weighted by Crippen LogP contribution is -2.50. The second-order valence-electron chi connectivity index (χ2n) is 3.95. The third-order valence-corrected chi connectivity index (χ3v) is 2.24. The number of carbonyl (C=O) groups excluding carboxylic acids is 1. The Balaban J connectivity index is 4.19. The average molecular weight is 187 g/mol. The highest BCUT2D eigenvalue weighted by atomic mass is 16.5. The molecule has 0 fully saturated rings. The fraction of sp³-hybridized carbons (Fsp3) is 0.900. The van der Waals surface area contributed by atoms with Crippen LogP contribution in [0.2, 0.25) is 0 Å². The summed E-state index contributed by atoms with van der Waals surface area (Å²) in [6, 6.07) is 0. The van der Waals surface area contributed by atoms with Crippen LogP contribution in [0.15, 0.2) is 0 Å². The number of hydrogen-bond donors (Lipinski definition) is 1. The molecule has 0 aromatic heterocycles. The lowest BCUT2D eigenvalue weighted by atomic mass is 9.98. The van der Waals surface area contributed by atoms with E-state index in [4.69, 9.17) is 4.74 Å². The summed E-state index contributed by atoms with van der Waals surface area (Å²) >= 11 is 0. The second kappa shape index (κ2) is 5.22. The Morgan fingerprint density at radius 3 is 2.38 bits per heavy atom. The molecule has 0 amide bonds. The van der Waals surface area contributed by atoms with Crippen LogP contribution in [-0.4, -0.2) is 25.2 Å². The van der Waals surface area contributed by atoms with E-state index in [1.807, 2.05) is 13.8 Å². The standard InChI is InChI=1S/C10H21NO2/c1-6-10(4,9(12)13-5)11-7-8(2)3/h8,11H,6-7H2,1-5H3. The van der Waals surface area contributed by atoms with Crippen LogP contribution in [0.3, 0.4) is 0 Å². The average Bonchev–Trinajstić information content (AvgIpc) is 2.12. The number of methoxy groups -OCH3 is 1. The number of rotatable bonds is 5. The molecular formula is C10H21NO2. The second-order valence-corrected chi connectivity index (χ2v) is 3.95. The Bertz CT molecular complexity index is 168. The van der Waals surface area contributed by atoms with Crippen molar-refractivity contribution >= 4 is 5.97 Å². The van der Waals surface area contributed by atoms with Crippen LogP contribution < -0.4 is 5.32 Å². The van der Waals surface area contributed by atoms with Crippen molar-refractivity contribution in [3.63, 3.8) is 0 Å². The molecule has 0 aromatic carbocycles. The zero-order valence-corrected chi connectivity index (χ0v) is 9.31. The smallest absolute Gasteiger partial charge is 0.325 e. The first kappa shape index (κ1) is 12.4. The van der Waals surface area contributed by atoms with Crippen molar-refractivity contribution in [1.29, 1.82) is 0 Å². The molecule has 0 aliphatic rings. The SMILES string of the molecule is CCC(C)(NCC(C)C)C(=O)OC. The van der Waals surface area contributed by atoms with E-state index >= 15 is 0 Å². The van der Waals surface area contributed by atoms with E-state index in [-0.39, 0.29) is 5.97 Å². The third-order valence-electron chi connectivity index (χ3n) is 2.24. The first-order valence-corrected chi connectivity index (χ1v) is 4.79. The number of esters is 1. The molecule has 1 atom stereocenters. The van der Waals surface area contributed by atoms with Gasteiger partial charge in [0.05, 0.1) is 7.11 Å². The summed E-state index contributed by atoms with van der Waals surface area (Å²) in [5, 5.41) is 3.22. The molecule has 1 unspecified atom stereocenters. The minimum absolute atomic E-state index is 0.185. The number of ether oxygens (including phenoxy) is 1. The predicted octanol–water partition coefficient (Wildman–Crippen LogP) is 1.57. The van der Waals surface area contributed by atoms with E-state index < -0.39 is 5.54 Å². The molecule has 0 rings (SSSR count). The van der Waals surface area contributed by atoms with Gasteiger partial charge in [0.25, 0.3) is 0 Å². The van der Waals surface area contributed by atoms with E-state index in [0.717, 1.165) is 13.0 Å². The summed E-state index contributed by atoms with van der Waals surface area (Å²) < 4.78 is 4.74. The van der Waals surface area contributed by atoms with Crippen LogP contribution in [0, 0.1) is 5.92 Å². The maximum atomic E-state index is 11.4. The Kier molecular flexibility index (Phi) is 4.99. The molecule has 13 heavy (non-hydrogen) atoms. The molecule has 3 nitrogen and oxygen atoms in total. The van der Waals surface area contributed by atoms with Gasteiger partial charge in [0, 0.05) is 0 Å². The summed E-state index contributed by atoms with van der Waals surface area (Å²) in [6.45, 7) is 8.91. The molecule has 0 saturated heterocycles. The molecule has 0 bridgehead atoms. The lowest BCUT2D eigenvalue weighted by molar-refractivity contribution is -0.148. The molecule has 0 heterocycles. The van der Waals surface area contributed by atoms with E-state index in [1.54, 1.807) is 0 Å². The molecule has 0 aromatic rings. The Labute approximate surface area is 80.8 Å². The van der Waals surface area contributed by atoms with Crippen LogP contribution in [0.5, 0.6) is 0 Å². The topological polar surface area (TPSA) is 38.3 Å². The summed E-state index contributed by atoms with van der Waals surface area (Å²) in [6.07, 6.45) is 0.742. The molecular weight excluding hydrogens is 166 g/mol. The van der Waals surface area contributed by atoms with E-state index in [9.17, 15) is 4.79 Å². The molecule has 78 valence electrons. The first-order chi connectivity index (χ1) is 5.96. The van der Waals surface area contributed by atoms with Gasteiger partial charge in [0.2, 0.25) is 0 Å². The van der Waals surface area contributed by atoms with E-state index in [2.05, 4.69) is 19.2 Å². The third kappa shape index (κ3) is 3.77. The molecule has 0 aliphatic heterocycles.